The van der Waals surface area contributed by atoms with E-state index in [4.69, 9.17) is 11.6 Å². The van der Waals surface area contributed by atoms with E-state index >= 15 is 0 Å². The Balaban J connectivity index is 2.62. The zero-order valence-corrected chi connectivity index (χ0v) is 9.70. The van der Waals surface area contributed by atoms with Crippen LogP contribution in [0.5, 0.6) is 0 Å². The lowest BCUT2D eigenvalue weighted by Gasteiger charge is -2.19. The molecule has 5 heteroatoms. The van der Waals surface area contributed by atoms with Gasteiger partial charge >= 0.3 is 0 Å². The predicted octanol–water partition coefficient (Wildman–Crippen LogP) is 1.95. The second-order valence-corrected chi connectivity index (χ2v) is 4.28. The Kier molecular flexibility index (Phi) is 4.78. The number of aliphatic hydroxyl groups excluding tert-OH is 1. The number of halogens is 1. The minimum Gasteiger partial charge on any atom is -0.394 e. The fourth-order valence-electron chi connectivity index (χ4n) is 1.36. The summed E-state index contributed by atoms with van der Waals surface area (Å²) < 4.78 is 0. The minimum absolute atomic E-state index is 0.0163. The average Bonchev–Trinajstić information content (AvgIpc) is 2.19. The highest BCUT2D eigenvalue weighted by molar-refractivity contribution is 6.32. The molecule has 1 unspecified atom stereocenters. The van der Waals surface area contributed by atoms with Crippen molar-refractivity contribution < 1.29 is 5.11 Å². The van der Waals surface area contributed by atoms with Crippen molar-refractivity contribution in [3.8, 4) is 0 Å². The van der Waals surface area contributed by atoms with Crippen LogP contribution in [-0.4, -0.2) is 27.7 Å². The van der Waals surface area contributed by atoms with Gasteiger partial charge in [-0.15, -0.1) is 0 Å². The maximum absolute atomic E-state index is 9.18. The molecule has 0 aliphatic heterocycles. The number of anilines is 1. The Bertz CT molecular complexity index is 306. The van der Waals surface area contributed by atoms with Crippen molar-refractivity contribution in [2.75, 3.05) is 11.9 Å². The number of nitrogens with zero attached hydrogens (tertiary/aromatic N) is 2. The third-order valence-corrected chi connectivity index (χ3v) is 2.26. The Hall–Kier alpha value is -0.870. The standard InChI is InChI=1S/C10H16ClN3O/c1-7(2)3-8(5-15)14-10-9(11)4-12-6-13-10/h4,6-8,15H,3,5H2,1-2H3,(H,12,13,14). The highest BCUT2D eigenvalue weighted by Gasteiger charge is 2.11. The molecule has 1 heterocycles. The maximum atomic E-state index is 9.18. The van der Waals surface area contributed by atoms with Gasteiger partial charge < -0.3 is 10.4 Å². The van der Waals surface area contributed by atoms with Crippen LogP contribution >= 0.6 is 11.6 Å². The molecule has 0 aliphatic carbocycles. The number of aliphatic hydroxyl groups is 1. The first-order valence-corrected chi connectivity index (χ1v) is 5.34. The fraction of sp³-hybridized carbons (Fsp3) is 0.600. The molecule has 15 heavy (non-hydrogen) atoms. The van der Waals surface area contributed by atoms with Crippen molar-refractivity contribution in [2.24, 2.45) is 5.92 Å². The van der Waals surface area contributed by atoms with Gasteiger partial charge in [-0.3, -0.25) is 0 Å². The van der Waals surface area contributed by atoms with Crippen molar-refractivity contribution in [3.05, 3.63) is 17.5 Å². The van der Waals surface area contributed by atoms with E-state index < -0.39 is 0 Å². The third-order valence-electron chi connectivity index (χ3n) is 1.98. The topological polar surface area (TPSA) is 58.0 Å². The molecule has 1 aromatic heterocycles. The smallest absolute Gasteiger partial charge is 0.148 e. The van der Waals surface area contributed by atoms with Crippen LogP contribution in [0.2, 0.25) is 5.02 Å². The number of rotatable bonds is 5. The van der Waals surface area contributed by atoms with E-state index in [1.807, 2.05) is 0 Å². The molecule has 0 saturated carbocycles. The zero-order valence-electron chi connectivity index (χ0n) is 8.94. The molecule has 0 radical (unpaired) electrons. The Labute approximate surface area is 94.7 Å². The van der Waals surface area contributed by atoms with Gasteiger partial charge in [0.2, 0.25) is 0 Å². The van der Waals surface area contributed by atoms with Gasteiger partial charge in [-0.25, -0.2) is 9.97 Å². The SMILES string of the molecule is CC(C)CC(CO)Nc1ncncc1Cl. The Morgan fingerprint density at radius 1 is 1.53 bits per heavy atom. The minimum atomic E-state index is -0.0163. The first-order chi connectivity index (χ1) is 7.13. The molecule has 0 saturated heterocycles. The van der Waals surface area contributed by atoms with E-state index in [9.17, 15) is 5.11 Å². The van der Waals surface area contributed by atoms with E-state index in [0.717, 1.165) is 6.42 Å². The second-order valence-electron chi connectivity index (χ2n) is 3.87. The molecule has 1 rings (SSSR count). The van der Waals surface area contributed by atoms with Crippen molar-refractivity contribution in [3.63, 3.8) is 0 Å². The first kappa shape index (κ1) is 12.2. The maximum Gasteiger partial charge on any atom is 0.148 e. The normalized spacial score (nSPS) is 12.9. The van der Waals surface area contributed by atoms with Crippen LogP contribution in [0.1, 0.15) is 20.3 Å². The van der Waals surface area contributed by atoms with Crippen molar-refractivity contribution in [1.82, 2.24) is 9.97 Å². The van der Waals surface area contributed by atoms with E-state index in [1.165, 1.54) is 12.5 Å². The summed E-state index contributed by atoms with van der Waals surface area (Å²) in [5.74, 6) is 1.08. The summed E-state index contributed by atoms with van der Waals surface area (Å²) in [5, 5.41) is 12.7. The van der Waals surface area contributed by atoms with Crippen LogP contribution in [0.25, 0.3) is 0 Å². The molecule has 4 nitrogen and oxygen atoms in total. The summed E-state index contributed by atoms with van der Waals surface area (Å²) in [6.07, 6.45) is 3.83. The van der Waals surface area contributed by atoms with Crippen LogP contribution in [0.4, 0.5) is 5.82 Å². The van der Waals surface area contributed by atoms with E-state index in [-0.39, 0.29) is 12.6 Å². The number of hydrogen-bond acceptors (Lipinski definition) is 4. The van der Waals surface area contributed by atoms with Crippen LogP contribution in [-0.2, 0) is 0 Å². The summed E-state index contributed by atoms with van der Waals surface area (Å²) in [5.41, 5.74) is 0. The van der Waals surface area contributed by atoms with Crippen LogP contribution in [0.15, 0.2) is 12.5 Å². The predicted molar refractivity (Wildman–Crippen MR) is 61.0 cm³/mol. The monoisotopic (exact) mass is 229 g/mol. The molecule has 0 aromatic carbocycles. The Morgan fingerprint density at radius 3 is 2.80 bits per heavy atom. The highest BCUT2D eigenvalue weighted by atomic mass is 35.5. The van der Waals surface area contributed by atoms with Crippen molar-refractivity contribution in [2.45, 2.75) is 26.3 Å². The molecular weight excluding hydrogens is 214 g/mol. The van der Waals surface area contributed by atoms with Gasteiger partial charge in [0.1, 0.15) is 17.2 Å². The lowest BCUT2D eigenvalue weighted by atomic mass is 10.0. The first-order valence-electron chi connectivity index (χ1n) is 4.96. The summed E-state index contributed by atoms with van der Waals surface area (Å²) in [4.78, 5) is 7.80. The lowest BCUT2D eigenvalue weighted by molar-refractivity contribution is 0.259. The van der Waals surface area contributed by atoms with Gasteiger partial charge in [0, 0.05) is 0 Å². The number of hydrogen-bond donors (Lipinski definition) is 2. The number of nitrogens with one attached hydrogen (secondary N) is 1. The Morgan fingerprint density at radius 2 is 2.27 bits per heavy atom. The lowest BCUT2D eigenvalue weighted by Crippen LogP contribution is -2.26. The van der Waals surface area contributed by atoms with Crippen molar-refractivity contribution in [1.29, 1.82) is 0 Å². The molecule has 0 aliphatic rings. The second kappa shape index (κ2) is 5.88. The van der Waals surface area contributed by atoms with Crippen LogP contribution in [0, 0.1) is 5.92 Å². The molecule has 0 spiro atoms. The zero-order chi connectivity index (χ0) is 11.3. The molecule has 84 valence electrons. The molecule has 2 N–H and O–H groups in total. The summed E-state index contributed by atoms with van der Waals surface area (Å²) in [6.45, 7) is 4.27. The van der Waals surface area contributed by atoms with Gasteiger partial charge in [-0.1, -0.05) is 25.4 Å². The highest BCUT2D eigenvalue weighted by Crippen LogP contribution is 2.18. The third kappa shape index (κ3) is 4.01. The summed E-state index contributed by atoms with van der Waals surface area (Å²) in [7, 11) is 0. The van der Waals surface area contributed by atoms with Gasteiger partial charge in [-0.2, -0.15) is 0 Å². The van der Waals surface area contributed by atoms with Gasteiger partial charge in [0.05, 0.1) is 18.8 Å². The largest absolute Gasteiger partial charge is 0.394 e. The van der Waals surface area contributed by atoms with E-state index in [0.29, 0.717) is 16.8 Å². The van der Waals surface area contributed by atoms with Crippen LogP contribution < -0.4 is 5.32 Å². The number of aromatic nitrogens is 2. The molecule has 0 amide bonds. The molecule has 0 fully saturated rings. The van der Waals surface area contributed by atoms with Crippen LogP contribution in [0.3, 0.4) is 0 Å². The van der Waals surface area contributed by atoms with Gasteiger partial charge in [0.15, 0.2) is 0 Å². The van der Waals surface area contributed by atoms with E-state index in [2.05, 4.69) is 29.1 Å². The van der Waals surface area contributed by atoms with E-state index in [1.54, 1.807) is 0 Å². The van der Waals surface area contributed by atoms with Crippen molar-refractivity contribution >= 4 is 17.4 Å². The molecule has 1 atom stereocenters. The van der Waals surface area contributed by atoms with Gasteiger partial charge in [-0.05, 0) is 12.3 Å². The quantitative estimate of drug-likeness (QED) is 0.810. The molecular formula is C10H16ClN3O. The molecule has 1 aromatic rings. The fourth-order valence-corrected chi connectivity index (χ4v) is 1.52. The summed E-state index contributed by atoms with van der Waals surface area (Å²) >= 11 is 5.89. The average molecular weight is 230 g/mol. The summed E-state index contributed by atoms with van der Waals surface area (Å²) in [6, 6.07) is -0.0163. The van der Waals surface area contributed by atoms with Gasteiger partial charge in [0.25, 0.3) is 0 Å². The molecule has 0 bridgehead atoms.